The molecule has 0 radical (unpaired) electrons. The molecule has 0 aromatic heterocycles. The molecule has 1 fully saturated rings. The van der Waals surface area contributed by atoms with Gasteiger partial charge >= 0.3 is 0 Å². The second-order valence-corrected chi connectivity index (χ2v) is 4.68. The van der Waals surface area contributed by atoms with E-state index in [4.69, 9.17) is 5.73 Å². The zero-order chi connectivity index (χ0) is 12.5. The number of carbonyl (C=O) groups excluding carboxylic acids is 1. The summed E-state index contributed by atoms with van der Waals surface area (Å²) >= 11 is 0. The lowest BCUT2D eigenvalue weighted by Crippen LogP contribution is -2.41. The van der Waals surface area contributed by atoms with E-state index in [0.717, 1.165) is 25.7 Å². The predicted molar refractivity (Wildman–Crippen MR) is 66.0 cm³/mol. The lowest BCUT2D eigenvalue weighted by molar-refractivity contribution is -0.130. The Morgan fingerprint density at radius 1 is 1.53 bits per heavy atom. The standard InChI is InChI=1S/C13H17FN2O/c1-2-13(6-3-7-13)12(17)16-9-4-5-11(15)10(14)8-9/h4-5,8H,2-3,6-7,15H2,1H3,(H,16,17). The van der Waals surface area contributed by atoms with Gasteiger partial charge in [-0.05, 0) is 37.5 Å². The van der Waals surface area contributed by atoms with Crippen molar-refractivity contribution in [2.45, 2.75) is 32.6 Å². The molecule has 3 N–H and O–H groups in total. The number of amides is 1. The summed E-state index contributed by atoms with van der Waals surface area (Å²) in [4.78, 5) is 12.1. The third-order valence-corrected chi connectivity index (χ3v) is 3.73. The minimum absolute atomic E-state index is 0.00424. The highest BCUT2D eigenvalue weighted by Gasteiger charge is 2.42. The summed E-state index contributed by atoms with van der Waals surface area (Å²) in [5, 5.41) is 2.77. The molecule has 3 nitrogen and oxygen atoms in total. The largest absolute Gasteiger partial charge is 0.396 e. The lowest BCUT2D eigenvalue weighted by atomic mass is 9.66. The minimum atomic E-state index is -0.498. The molecule has 1 aromatic carbocycles. The van der Waals surface area contributed by atoms with Crippen molar-refractivity contribution in [3.05, 3.63) is 24.0 Å². The van der Waals surface area contributed by atoms with Crippen LogP contribution in [-0.4, -0.2) is 5.91 Å². The number of nitrogens with one attached hydrogen (secondary N) is 1. The molecule has 0 aliphatic heterocycles. The molecule has 1 aromatic rings. The first-order valence-corrected chi connectivity index (χ1v) is 5.94. The van der Waals surface area contributed by atoms with E-state index in [9.17, 15) is 9.18 Å². The maximum atomic E-state index is 13.2. The summed E-state index contributed by atoms with van der Waals surface area (Å²) in [5.74, 6) is -0.502. The van der Waals surface area contributed by atoms with Gasteiger partial charge in [-0.2, -0.15) is 0 Å². The summed E-state index contributed by atoms with van der Waals surface area (Å²) in [6, 6.07) is 4.35. The number of anilines is 2. The van der Waals surface area contributed by atoms with Gasteiger partial charge in [-0.3, -0.25) is 4.79 Å². The van der Waals surface area contributed by atoms with E-state index in [1.165, 1.54) is 12.1 Å². The van der Waals surface area contributed by atoms with Crippen LogP contribution in [0, 0.1) is 11.2 Å². The second kappa shape index (κ2) is 4.35. The van der Waals surface area contributed by atoms with Crippen molar-refractivity contribution in [3.63, 3.8) is 0 Å². The summed E-state index contributed by atoms with van der Waals surface area (Å²) < 4.78 is 13.2. The molecule has 0 saturated heterocycles. The molecule has 1 saturated carbocycles. The van der Waals surface area contributed by atoms with E-state index in [-0.39, 0.29) is 17.0 Å². The van der Waals surface area contributed by atoms with Crippen LogP contribution in [0.3, 0.4) is 0 Å². The van der Waals surface area contributed by atoms with Crippen LogP contribution >= 0.6 is 0 Å². The third kappa shape index (κ3) is 2.12. The maximum Gasteiger partial charge on any atom is 0.230 e. The number of benzene rings is 1. The fraction of sp³-hybridized carbons (Fsp3) is 0.462. The molecular weight excluding hydrogens is 219 g/mol. The number of hydrogen-bond donors (Lipinski definition) is 2. The van der Waals surface area contributed by atoms with Crippen LogP contribution < -0.4 is 11.1 Å². The highest BCUT2D eigenvalue weighted by atomic mass is 19.1. The van der Waals surface area contributed by atoms with Crippen molar-refractivity contribution < 1.29 is 9.18 Å². The van der Waals surface area contributed by atoms with E-state index >= 15 is 0 Å². The van der Waals surface area contributed by atoms with Gasteiger partial charge in [0.2, 0.25) is 5.91 Å². The Kier molecular flexibility index (Phi) is 3.05. The number of carbonyl (C=O) groups is 1. The van der Waals surface area contributed by atoms with Crippen LogP contribution in [0.2, 0.25) is 0 Å². The van der Waals surface area contributed by atoms with Gasteiger partial charge in [0.15, 0.2) is 0 Å². The van der Waals surface area contributed by atoms with Gasteiger partial charge < -0.3 is 11.1 Å². The van der Waals surface area contributed by atoms with Crippen molar-refractivity contribution in [1.82, 2.24) is 0 Å². The summed E-state index contributed by atoms with van der Waals surface area (Å²) in [7, 11) is 0. The molecule has 0 heterocycles. The Morgan fingerprint density at radius 3 is 2.71 bits per heavy atom. The topological polar surface area (TPSA) is 55.1 Å². The van der Waals surface area contributed by atoms with Crippen LogP contribution in [-0.2, 0) is 4.79 Å². The van der Waals surface area contributed by atoms with Gasteiger partial charge in [0.05, 0.1) is 5.69 Å². The van der Waals surface area contributed by atoms with Crippen LogP contribution in [0.4, 0.5) is 15.8 Å². The smallest absolute Gasteiger partial charge is 0.230 e. The Bertz CT molecular complexity index is 436. The fourth-order valence-corrected chi connectivity index (χ4v) is 2.21. The average molecular weight is 236 g/mol. The van der Waals surface area contributed by atoms with E-state index in [2.05, 4.69) is 5.32 Å². The third-order valence-electron chi connectivity index (χ3n) is 3.73. The van der Waals surface area contributed by atoms with Crippen molar-refractivity contribution in [1.29, 1.82) is 0 Å². The Morgan fingerprint density at radius 2 is 2.24 bits per heavy atom. The minimum Gasteiger partial charge on any atom is -0.396 e. The fourth-order valence-electron chi connectivity index (χ4n) is 2.21. The first-order valence-electron chi connectivity index (χ1n) is 5.94. The van der Waals surface area contributed by atoms with Gasteiger partial charge in [-0.15, -0.1) is 0 Å². The summed E-state index contributed by atoms with van der Waals surface area (Å²) in [6.45, 7) is 2.02. The van der Waals surface area contributed by atoms with E-state index < -0.39 is 5.82 Å². The SMILES string of the molecule is CCC1(C(=O)Nc2ccc(N)c(F)c2)CCC1. The summed E-state index contributed by atoms with van der Waals surface area (Å²) in [6.07, 6.45) is 3.77. The number of nitrogens with two attached hydrogens (primary N) is 1. The Labute approximate surface area is 100 Å². The molecule has 2 rings (SSSR count). The number of rotatable bonds is 3. The molecule has 0 unspecified atom stereocenters. The Hall–Kier alpha value is -1.58. The van der Waals surface area contributed by atoms with Crippen molar-refractivity contribution in [3.8, 4) is 0 Å². The van der Waals surface area contributed by atoms with Gasteiger partial charge in [0.25, 0.3) is 0 Å². The van der Waals surface area contributed by atoms with Crippen LogP contribution in [0.1, 0.15) is 32.6 Å². The monoisotopic (exact) mass is 236 g/mol. The van der Waals surface area contributed by atoms with Gasteiger partial charge in [-0.1, -0.05) is 13.3 Å². The van der Waals surface area contributed by atoms with Gasteiger partial charge in [0.1, 0.15) is 5.82 Å². The van der Waals surface area contributed by atoms with Crippen molar-refractivity contribution in [2.24, 2.45) is 5.41 Å². The molecule has 0 bridgehead atoms. The second-order valence-electron chi connectivity index (χ2n) is 4.68. The van der Waals surface area contributed by atoms with Crippen LogP contribution in [0.15, 0.2) is 18.2 Å². The van der Waals surface area contributed by atoms with Crippen LogP contribution in [0.5, 0.6) is 0 Å². The predicted octanol–water partition coefficient (Wildman–Crippen LogP) is 2.93. The normalized spacial score (nSPS) is 17.3. The number of hydrogen-bond acceptors (Lipinski definition) is 2. The highest BCUT2D eigenvalue weighted by Crippen LogP contribution is 2.44. The average Bonchev–Trinajstić information content (AvgIpc) is 2.23. The van der Waals surface area contributed by atoms with Crippen molar-refractivity contribution in [2.75, 3.05) is 11.1 Å². The number of halogens is 1. The molecule has 0 spiro atoms. The summed E-state index contributed by atoms with van der Waals surface area (Å²) in [5.41, 5.74) is 5.71. The molecular formula is C13H17FN2O. The van der Waals surface area contributed by atoms with Crippen molar-refractivity contribution >= 4 is 17.3 Å². The van der Waals surface area contributed by atoms with Gasteiger partial charge in [-0.25, -0.2) is 4.39 Å². The molecule has 1 amide bonds. The molecule has 17 heavy (non-hydrogen) atoms. The quantitative estimate of drug-likeness (QED) is 0.793. The first-order chi connectivity index (χ1) is 8.07. The van der Waals surface area contributed by atoms with Gasteiger partial charge in [0, 0.05) is 11.1 Å². The molecule has 4 heteroatoms. The molecule has 1 aliphatic rings. The zero-order valence-electron chi connectivity index (χ0n) is 9.92. The molecule has 0 atom stereocenters. The van der Waals surface area contributed by atoms with E-state index in [1.807, 2.05) is 6.92 Å². The Balaban J connectivity index is 2.10. The maximum absolute atomic E-state index is 13.2. The number of nitrogen functional groups attached to an aromatic ring is 1. The zero-order valence-corrected chi connectivity index (χ0v) is 9.92. The molecule has 92 valence electrons. The molecule has 1 aliphatic carbocycles. The van der Waals surface area contributed by atoms with E-state index in [0.29, 0.717) is 5.69 Å². The lowest BCUT2D eigenvalue weighted by Gasteiger charge is -2.39. The van der Waals surface area contributed by atoms with Crippen LogP contribution in [0.25, 0.3) is 0 Å². The van der Waals surface area contributed by atoms with E-state index in [1.54, 1.807) is 6.07 Å². The highest BCUT2D eigenvalue weighted by molar-refractivity contribution is 5.96. The first kappa shape index (κ1) is 11.9.